The topological polar surface area (TPSA) is 54.0 Å². The number of rotatable bonds is 4. The fourth-order valence-electron chi connectivity index (χ4n) is 6.93. The molecule has 4 nitrogen and oxygen atoms in total. The lowest BCUT2D eigenvalue weighted by Gasteiger charge is -2.56. The summed E-state index contributed by atoms with van der Waals surface area (Å²) in [5, 5.41) is 7.85. The Bertz CT molecular complexity index is 1190. The van der Waals surface area contributed by atoms with E-state index >= 15 is 0 Å². The van der Waals surface area contributed by atoms with Crippen molar-refractivity contribution in [1.29, 1.82) is 0 Å². The minimum absolute atomic E-state index is 0.0339. The molecular weight excluding hydrogens is 470 g/mol. The van der Waals surface area contributed by atoms with Gasteiger partial charge in [0.15, 0.2) is 5.11 Å². The number of hydrogen-bond donors (Lipinski definition) is 2. The summed E-state index contributed by atoms with van der Waals surface area (Å²) in [5.41, 5.74) is 2.82. The molecule has 2 aromatic carbocycles. The molecule has 0 unspecified atom stereocenters. The number of halogens is 1. The average Bonchev–Trinajstić information content (AvgIpc) is 3.16. The number of nitrogens with zero attached hydrogens (tertiary/aromatic N) is 1. The molecule has 0 radical (unpaired) electrons. The van der Waals surface area contributed by atoms with E-state index in [4.69, 9.17) is 28.8 Å². The molecular formula is C26H26ClN3OS2. The molecule has 1 heterocycles. The van der Waals surface area contributed by atoms with Crippen molar-refractivity contribution in [3.63, 3.8) is 0 Å². The molecule has 3 aromatic rings. The summed E-state index contributed by atoms with van der Waals surface area (Å²) in [6.07, 6.45) is 8.40. The number of para-hydroxylation sites is 1. The van der Waals surface area contributed by atoms with Gasteiger partial charge in [0, 0.05) is 17.7 Å². The standard InChI is InChI=1S/C26H26ClN3OS2/c27-20-10-18(5-6-19(20)24-29-21-3-1-2-4-22(21)33-24)28-25(32)30-23(31)14-26-11-15-7-16(12-26)9-17(8-15)13-26/h1-6,10,15-17H,7-9,11-14H2,(H2,28,30,31,32). The van der Waals surface area contributed by atoms with Crippen molar-refractivity contribution >= 4 is 62.1 Å². The molecule has 170 valence electrons. The van der Waals surface area contributed by atoms with Crippen LogP contribution in [0.1, 0.15) is 44.9 Å². The number of nitrogens with one attached hydrogen (secondary N) is 2. The van der Waals surface area contributed by atoms with Gasteiger partial charge in [0.2, 0.25) is 5.91 Å². The molecule has 7 heteroatoms. The highest BCUT2D eigenvalue weighted by atomic mass is 35.5. The van der Waals surface area contributed by atoms with Crippen LogP contribution in [0.25, 0.3) is 20.8 Å². The van der Waals surface area contributed by atoms with Crippen molar-refractivity contribution in [1.82, 2.24) is 10.3 Å². The van der Waals surface area contributed by atoms with Gasteiger partial charge in [0.1, 0.15) is 5.01 Å². The molecule has 0 saturated heterocycles. The van der Waals surface area contributed by atoms with E-state index in [1.807, 2.05) is 36.4 Å². The third kappa shape index (κ3) is 4.29. The van der Waals surface area contributed by atoms with Gasteiger partial charge in [-0.15, -0.1) is 11.3 Å². The highest BCUT2D eigenvalue weighted by molar-refractivity contribution is 7.80. The second kappa shape index (κ2) is 8.33. The van der Waals surface area contributed by atoms with Crippen molar-refractivity contribution in [3.8, 4) is 10.6 Å². The van der Waals surface area contributed by atoms with E-state index < -0.39 is 0 Å². The molecule has 4 aliphatic rings. The monoisotopic (exact) mass is 495 g/mol. The molecule has 2 N–H and O–H groups in total. The van der Waals surface area contributed by atoms with Gasteiger partial charge < -0.3 is 10.6 Å². The normalized spacial score (nSPS) is 27.6. The quantitative estimate of drug-likeness (QED) is 0.381. The predicted octanol–water partition coefficient (Wildman–Crippen LogP) is 7.04. The van der Waals surface area contributed by atoms with Crippen molar-refractivity contribution in [2.24, 2.45) is 23.2 Å². The number of thiocarbonyl (C=S) groups is 1. The number of benzene rings is 2. The van der Waals surface area contributed by atoms with Crippen LogP contribution < -0.4 is 10.6 Å². The maximum Gasteiger partial charge on any atom is 0.226 e. The molecule has 0 aliphatic heterocycles. The molecule has 4 fully saturated rings. The zero-order valence-corrected chi connectivity index (χ0v) is 20.7. The van der Waals surface area contributed by atoms with E-state index in [9.17, 15) is 4.79 Å². The number of fused-ring (bicyclic) bond motifs is 1. The first-order chi connectivity index (χ1) is 15.9. The lowest BCUT2D eigenvalue weighted by Crippen LogP contribution is -2.48. The number of aromatic nitrogens is 1. The molecule has 7 rings (SSSR count). The fourth-order valence-corrected chi connectivity index (χ4v) is 8.50. The summed E-state index contributed by atoms with van der Waals surface area (Å²) in [5.74, 6) is 2.55. The largest absolute Gasteiger partial charge is 0.332 e. The number of carbonyl (C=O) groups excluding carboxylic acids is 1. The van der Waals surface area contributed by atoms with Crippen LogP contribution in [-0.4, -0.2) is 16.0 Å². The summed E-state index contributed by atoms with van der Waals surface area (Å²) in [6.45, 7) is 0. The van der Waals surface area contributed by atoms with Crippen LogP contribution in [0.5, 0.6) is 0 Å². The number of thiazole rings is 1. The third-order valence-electron chi connectivity index (χ3n) is 7.70. The van der Waals surface area contributed by atoms with Crippen molar-refractivity contribution < 1.29 is 4.79 Å². The van der Waals surface area contributed by atoms with Gasteiger partial charge in [-0.2, -0.15) is 0 Å². The Labute approximate surface area is 208 Å². The van der Waals surface area contributed by atoms with Crippen LogP contribution in [0.15, 0.2) is 42.5 Å². The van der Waals surface area contributed by atoms with Crippen LogP contribution >= 0.6 is 35.2 Å². The SMILES string of the molecule is O=C(CC12CC3CC(CC(C3)C1)C2)NC(=S)Nc1ccc(-c2nc3ccccc3s2)c(Cl)c1. The highest BCUT2D eigenvalue weighted by Crippen LogP contribution is 2.61. The van der Waals surface area contributed by atoms with Crippen molar-refractivity contribution in [2.45, 2.75) is 44.9 Å². The van der Waals surface area contributed by atoms with E-state index in [1.165, 1.54) is 38.5 Å². The Morgan fingerprint density at radius 2 is 1.79 bits per heavy atom. The van der Waals surface area contributed by atoms with E-state index in [2.05, 4.69) is 16.7 Å². The van der Waals surface area contributed by atoms with E-state index in [1.54, 1.807) is 11.3 Å². The maximum atomic E-state index is 12.8. The smallest absolute Gasteiger partial charge is 0.226 e. The number of amides is 1. The third-order valence-corrected chi connectivity index (χ3v) is 9.29. The maximum absolute atomic E-state index is 12.8. The summed E-state index contributed by atoms with van der Waals surface area (Å²) in [6, 6.07) is 13.8. The van der Waals surface area contributed by atoms with Gasteiger partial charge in [-0.3, -0.25) is 4.79 Å². The highest BCUT2D eigenvalue weighted by Gasteiger charge is 2.51. The van der Waals surface area contributed by atoms with Crippen molar-refractivity contribution in [3.05, 3.63) is 47.5 Å². The number of carbonyl (C=O) groups is 1. The minimum atomic E-state index is 0.0339. The molecule has 1 amide bonds. The molecule has 4 bridgehead atoms. The molecule has 0 spiro atoms. The molecule has 1 aromatic heterocycles. The van der Waals surface area contributed by atoms with Gasteiger partial charge in [0.25, 0.3) is 0 Å². The lowest BCUT2D eigenvalue weighted by molar-refractivity contribution is -0.127. The fraction of sp³-hybridized carbons (Fsp3) is 0.423. The van der Waals surface area contributed by atoms with Crippen LogP contribution in [-0.2, 0) is 4.79 Å². The summed E-state index contributed by atoms with van der Waals surface area (Å²) in [7, 11) is 0. The Hall–Kier alpha value is -2.02. The molecule has 0 atom stereocenters. The summed E-state index contributed by atoms with van der Waals surface area (Å²) >= 11 is 13.6. The molecule has 33 heavy (non-hydrogen) atoms. The Morgan fingerprint density at radius 3 is 2.45 bits per heavy atom. The Kier molecular flexibility index (Phi) is 5.43. The predicted molar refractivity (Wildman–Crippen MR) is 140 cm³/mol. The van der Waals surface area contributed by atoms with Crippen LogP contribution in [0.4, 0.5) is 5.69 Å². The zero-order valence-electron chi connectivity index (χ0n) is 18.3. The van der Waals surface area contributed by atoms with Crippen LogP contribution in [0, 0.1) is 23.2 Å². The van der Waals surface area contributed by atoms with Crippen LogP contribution in [0.3, 0.4) is 0 Å². The Morgan fingerprint density at radius 1 is 1.09 bits per heavy atom. The lowest BCUT2D eigenvalue weighted by atomic mass is 9.49. The zero-order chi connectivity index (χ0) is 22.6. The minimum Gasteiger partial charge on any atom is -0.332 e. The van der Waals surface area contributed by atoms with Gasteiger partial charge in [-0.05, 0) is 104 Å². The number of anilines is 1. The van der Waals surface area contributed by atoms with Gasteiger partial charge in [-0.25, -0.2) is 4.98 Å². The Balaban J connectivity index is 1.09. The second-order valence-corrected chi connectivity index (χ2v) is 12.1. The van der Waals surface area contributed by atoms with E-state index in [-0.39, 0.29) is 11.3 Å². The second-order valence-electron chi connectivity index (χ2n) is 10.3. The number of hydrogen-bond acceptors (Lipinski definition) is 4. The van der Waals surface area contributed by atoms with Gasteiger partial charge in [-0.1, -0.05) is 23.7 Å². The first-order valence-electron chi connectivity index (χ1n) is 11.7. The first kappa shape index (κ1) is 21.5. The summed E-state index contributed by atoms with van der Waals surface area (Å²) in [4.78, 5) is 17.5. The first-order valence-corrected chi connectivity index (χ1v) is 13.3. The van der Waals surface area contributed by atoms with Crippen molar-refractivity contribution in [2.75, 3.05) is 5.32 Å². The van der Waals surface area contributed by atoms with Gasteiger partial charge >= 0.3 is 0 Å². The van der Waals surface area contributed by atoms with E-state index in [0.717, 1.165) is 44.2 Å². The average molecular weight is 496 g/mol. The van der Waals surface area contributed by atoms with Gasteiger partial charge in [0.05, 0.1) is 15.2 Å². The molecule has 4 saturated carbocycles. The van der Waals surface area contributed by atoms with Crippen LogP contribution in [0.2, 0.25) is 5.02 Å². The molecule has 4 aliphatic carbocycles. The summed E-state index contributed by atoms with van der Waals surface area (Å²) < 4.78 is 1.13. The van der Waals surface area contributed by atoms with E-state index in [0.29, 0.717) is 16.6 Å².